The molecule has 1 aliphatic carbocycles. The highest BCUT2D eigenvalue weighted by Crippen LogP contribution is 2.33. The molecule has 5 rings (SSSR count). The van der Waals surface area contributed by atoms with Gasteiger partial charge in [-0.25, -0.2) is 19.9 Å². The van der Waals surface area contributed by atoms with Crippen LogP contribution in [0.3, 0.4) is 0 Å². The molecule has 2 aromatic heterocycles. The minimum absolute atomic E-state index is 0.448. The molecule has 30 heavy (non-hydrogen) atoms. The third kappa shape index (κ3) is 3.87. The van der Waals surface area contributed by atoms with E-state index in [1.807, 2.05) is 12.4 Å². The molecule has 7 heteroatoms. The van der Waals surface area contributed by atoms with Crippen LogP contribution in [0.2, 0.25) is 0 Å². The fourth-order valence-corrected chi connectivity index (χ4v) is 4.90. The van der Waals surface area contributed by atoms with Crippen molar-refractivity contribution in [1.29, 1.82) is 0 Å². The number of anilines is 1. The van der Waals surface area contributed by atoms with Crippen molar-refractivity contribution in [3.63, 3.8) is 0 Å². The summed E-state index contributed by atoms with van der Waals surface area (Å²) in [5, 5.41) is 4.83. The summed E-state index contributed by atoms with van der Waals surface area (Å²) in [5.74, 6) is 0.936. The van der Waals surface area contributed by atoms with Gasteiger partial charge in [-0.05, 0) is 49.8 Å². The van der Waals surface area contributed by atoms with Crippen molar-refractivity contribution in [1.82, 2.24) is 24.8 Å². The van der Waals surface area contributed by atoms with Crippen molar-refractivity contribution in [2.75, 3.05) is 31.6 Å². The Labute approximate surface area is 176 Å². The molecule has 1 aromatic carbocycles. The van der Waals surface area contributed by atoms with Crippen LogP contribution in [0, 0.1) is 6.92 Å². The van der Waals surface area contributed by atoms with Gasteiger partial charge >= 0.3 is 0 Å². The lowest BCUT2D eigenvalue weighted by molar-refractivity contribution is 0.00791. The zero-order valence-electron chi connectivity index (χ0n) is 17.4. The normalized spacial score (nSPS) is 22.8. The van der Waals surface area contributed by atoms with Gasteiger partial charge in [0.05, 0.1) is 18.7 Å². The number of nitrogens with zero attached hydrogens (tertiary/aromatic N) is 5. The van der Waals surface area contributed by atoms with Gasteiger partial charge in [0.1, 0.15) is 18.5 Å². The molecule has 1 N–H and O–H groups in total. The highest BCUT2D eigenvalue weighted by Gasteiger charge is 2.27. The highest BCUT2D eigenvalue weighted by atomic mass is 16.5. The number of nitrogens with one attached hydrogen (secondary N) is 1. The maximum absolute atomic E-state index is 5.51. The van der Waals surface area contributed by atoms with Gasteiger partial charge in [0.15, 0.2) is 0 Å². The summed E-state index contributed by atoms with van der Waals surface area (Å²) >= 11 is 0. The van der Waals surface area contributed by atoms with Crippen LogP contribution in [0.1, 0.15) is 31.2 Å². The third-order valence-electron chi connectivity index (χ3n) is 6.53. The molecular formula is C23H28N6O. The van der Waals surface area contributed by atoms with E-state index in [0.717, 1.165) is 59.7 Å². The molecule has 0 bridgehead atoms. The van der Waals surface area contributed by atoms with E-state index in [2.05, 4.69) is 49.2 Å². The first kappa shape index (κ1) is 19.3. The van der Waals surface area contributed by atoms with E-state index in [1.165, 1.54) is 25.7 Å². The zero-order valence-corrected chi connectivity index (χ0v) is 17.4. The lowest BCUT2D eigenvalue weighted by Gasteiger charge is -2.39. The van der Waals surface area contributed by atoms with E-state index >= 15 is 0 Å². The molecule has 0 spiro atoms. The Hall–Kier alpha value is -2.64. The monoisotopic (exact) mass is 404 g/mol. The molecule has 3 aromatic rings. The summed E-state index contributed by atoms with van der Waals surface area (Å²) in [4.78, 5) is 20.1. The van der Waals surface area contributed by atoms with Crippen LogP contribution in [0.5, 0.6) is 0 Å². The molecule has 0 unspecified atom stereocenters. The number of benzene rings is 1. The minimum Gasteiger partial charge on any atom is -0.379 e. The van der Waals surface area contributed by atoms with Crippen molar-refractivity contribution in [2.24, 2.45) is 0 Å². The van der Waals surface area contributed by atoms with Crippen LogP contribution in [-0.2, 0) is 4.74 Å². The Bertz CT molecular complexity index is 997. The maximum atomic E-state index is 5.51. The standard InChI is InChI=1S/C23H28N6O/c1-16-20(17-12-24-14-25-13-17)6-7-21-22(16)23(27-15-26-21)28-18-2-4-19(5-3-18)29-8-10-30-11-9-29/h6-7,12-15,18-19H,2-5,8-11H2,1H3,(H,26,27,28). The van der Waals surface area contributed by atoms with Crippen molar-refractivity contribution >= 4 is 16.7 Å². The number of morpholine rings is 1. The molecule has 0 atom stereocenters. The average Bonchev–Trinajstić information content (AvgIpc) is 2.81. The number of hydrogen-bond acceptors (Lipinski definition) is 7. The number of hydrogen-bond donors (Lipinski definition) is 1. The van der Waals surface area contributed by atoms with Crippen molar-refractivity contribution in [3.05, 3.63) is 42.7 Å². The summed E-state index contributed by atoms with van der Waals surface area (Å²) in [6.07, 6.45) is 11.7. The molecule has 1 saturated heterocycles. The lowest BCUT2D eigenvalue weighted by atomic mass is 9.89. The summed E-state index contributed by atoms with van der Waals surface area (Å²) in [6.45, 7) is 6.03. The first-order valence-electron chi connectivity index (χ1n) is 10.9. The predicted molar refractivity (Wildman–Crippen MR) is 117 cm³/mol. The predicted octanol–water partition coefficient (Wildman–Crippen LogP) is 3.45. The lowest BCUT2D eigenvalue weighted by Crippen LogP contribution is -2.46. The van der Waals surface area contributed by atoms with Crippen LogP contribution in [-0.4, -0.2) is 63.2 Å². The molecule has 3 heterocycles. The molecule has 2 fully saturated rings. The average molecular weight is 405 g/mol. The van der Waals surface area contributed by atoms with Gasteiger partial charge < -0.3 is 10.1 Å². The second-order valence-corrected chi connectivity index (χ2v) is 8.28. The number of aromatic nitrogens is 4. The Kier molecular flexibility index (Phi) is 5.55. The van der Waals surface area contributed by atoms with Gasteiger partial charge in [0.2, 0.25) is 0 Å². The first-order valence-corrected chi connectivity index (χ1v) is 10.9. The molecule has 0 radical (unpaired) electrons. The smallest absolute Gasteiger partial charge is 0.137 e. The Morgan fingerprint density at radius 3 is 2.50 bits per heavy atom. The minimum atomic E-state index is 0.448. The molecule has 156 valence electrons. The van der Waals surface area contributed by atoms with Gasteiger partial charge in [0, 0.05) is 48.5 Å². The second kappa shape index (κ2) is 8.62. The van der Waals surface area contributed by atoms with Crippen LogP contribution in [0.15, 0.2) is 37.2 Å². The van der Waals surface area contributed by atoms with Crippen LogP contribution in [0.4, 0.5) is 5.82 Å². The van der Waals surface area contributed by atoms with Crippen LogP contribution >= 0.6 is 0 Å². The summed E-state index contributed by atoms with van der Waals surface area (Å²) in [5.41, 5.74) is 4.26. The van der Waals surface area contributed by atoms with Crippen LogP contribution in [0.25, 0.3) is 22.0 Å². The fourth-order valence-electron chi connectivity index (χ4n) is 4.90. The Morgan fingerprint density at radius 2 is 1.73 bits per heavy atom. The van der Waals surface area contributed by atoms with E-state index in [9.17, 15) is 0 Å². The largest absolute Gasteiger partial charge is 0.379 e. The number of rotatable bonds is 4. The zero-order chi connectivity index (χ0) is 20.3. The van der Waals surface area contributed by atoms with E-state index < -0.39 is 0 Å². The van der Waals surface area contributed by atoms with E-state index in [1.54, 1.807) is 12.7 Å². The topological polar surface area (TPSA) is 76.1 Å². The molecule has 1 saturated carbocycles. The first-order chi connectivity index (χ1) is 14.8. The fraction of sp³-hybridized carbons (Fsp3) is 0.478. The van der Waals surface area contributed by atoms with Crippen LogP contribution < -0.4 is 5.32 Å². The van der Waals surface area contributed by atoms with E-state index in [4.69, 9.17) is 4.74 Å². The van der Waals surface area contributed by atoms with Crippen molar-refractivity contribution in [2.45, 2.75) is 44.7 Å². The third-order valence-corrected chi connectivity index (χ3v) is 6.53. The van der Waals surface area contributed by atoms with Gasteiger partial charge in [-0.3, -0.25) is 4.90 Å². The van der Waals surface area contributed by atoms with Gasteiger partial charge in [-0.1, -0.05) is 6.07 Å². The Morgan fingerprint density at radius 1 is 0.967 bits per heavy atom. The van der Waals surface area contributed by atoms with E-state index in [-0.39, 0.29) is 0 Å². The SMILES string of the molecule is Cc1c(-c2cncnc2)ccc2ncnc(NC3CCC(N4CCOCC4)CC3)c12. The van der Waals surface area contributed by atoms with E-state index in [0.29, 0.717) is 12.1 Å². The quantitative estimate of drug-likeness (QED) is 0.714. The molecule has 1 aliphatic heterocycles. The van der Waals surface area contributed by atoms with Gasteiger partial charge in [-0.2, -0.15) is 0 Å². The molecular weight excluding hydrogens is 376 g/mol. The molecule has 2 aliphatic rings. The van der Waals surface area contributed by atoms with Crippen molar-refractivity contribution in [3.8, 4) is 11.1 Å². The number of fused-ring (bicyclic) bond motifs is 1. The van der Waals surface area contributed by atoms with Gasteiger partial charge in [0.25, 0.3) is 0 Å². The highest BCUT2D eigenvalue weighted by molar-refractivity contribution is 5.96. The van der Waals surface area contributed by atoms with Crippen molar-refractivity contribution < 1.29 is 4.74 Å². The second-order valence-electron chi connectivity index (χ2n) is 8.28. The summed E-state index contributed by atoms with van der Waals surface area (Å²) in [7, 11) is 0. The summed E-state index contributed by atoms with van der Waals surface area (Å²) in [6, 6.07) is 5.30. The number of ether oxygens (including phenoxy) is 1. The summed E-state index contributed by atoms with van der Waals surface area (Å²) < 4.78 is 5.51. The van der Waals surface area contributed by atoms with Gasteiger partial charge in [-0.15, -0.1) is 0 Å². The molecule has 7 nitrogen and oxygen atoms in total. The number of aryl methyl sites for hydroxylation is 1. The maximum Gasteiger partial charge on any atom is 0.137 e. The molecule has 0 amide bonds. The Balaban J connectivity index is 1.36.